The van der Waals surface area contributed by atoms with Gasteiger partial charge in [-0.3, -0.25) is 0 Å². The maximum absolute atomic E-state index is 8.93. The van der Waals surface area contributed by atoms with Gasteiger partial charge in [0.2, 0.25) is 0 Å². The first-order valence-electron chi connectivity index (χ1n) is 2.13. The van der Waals surface area contributed by atoms with Gasteiger partial charge in [-0.05, 0) is 0 Å². The smallest absolute Gasteiger partial charge is 0.543 e. The van der Waals surface area contributed by atoms with Crippen LogP contribution in [0.15, 0.2) is 0 Å². The maximum atomic E-state index is 8.93. The molecule has 11 nitrogen and oxygen atoms in total. The van der Waals surface area contributed by atoms with E-state index >= 15 is 0 Å². The number of rotatable bonds is 0. The maximum Gasteiger partial charge on any atom is 3.00 e. The van der Waals surface area contributed by atoms with Crippen LogP contribution >= 0.6 is 0 Å². The topological polar surface area (TPSA) is 255 Å². The molecule has 0 bridgehead atoms. The Kier molecular flexibility index (Phi) is 63.9. The minimum Gasteiger partial charge on any atom is -0.543 e. The Hall–Kier alpha value is -0.0712. The third-order valence-electron chi connectivity index (χ3n) is 0.333. The number of aliphatic carboxylic acids is 4. The van der Waals surface area contributed by atoms with Crippen LogP contribution in [0.1, 0.15) is 0 Å². The Morgan fingerprint density at radius 2 is 0.588 bits per heavy atom. The zero-order valence-electron chi connectivity index (χ0n) is 8.17. The zero-order valence-corrected chi connectivity index (χ0v) is 12.6. The first-order chi connectivity index (χ1) is 5.29. The van der Waals surface area contributed by atoms with Crippen LogP contribution in [0, 0.1) is 0 Å². The van der Waals surface area contributed by atoms with E-state index in [2.05, 4.69) is 0 Å². The fourth-order valence-electron chi connectivity index (χ4n) is 0. The molecule has 0 aliphatic rings. The molecule has 0 aromatic rings. The summed E-state index contributed by atoms with van der Waals surface area (Å²) in [6, 6.07) is 0. The van der Waals surface area contributed by atoms with Gasteiger partial charge in [0.15, 0.2) is 0 Å². The van der Waals surface area contributed by atoms with Crippen LogP contribution in [-0.2, 0) is 36.5 Å². The summed E-state index contributed by atoms with van der Waals surface area (Å²) in [6.07, 6.45) is 0. The van der Waals surface area contributed by atoms with Crippen molar-refractivity contribution in [2.75, 3.05) is 0 Å². The van der Waals surface area contributed by atoms with Crippen LogP contribution in [0.2, 0.25) is 0 Å². The number of carboxylic acid groups (broad SMARTS) is 4. The Labute approximate surface area is 147 Å². The molecule has 0 atom stereocenters. The van der Waals surface area contributed by atoms with Gasteiger partial charge in [0.25, 0.3) is 0 Å². The van der Waals surface area contributed by atoms with Crippen molar-refractivity contribution in [1.29, 1.82) is 0 Å². The van der Waals surface area contributed by atoms with Crippen molar-refractivity contribution < 1.29 is 125 Å². The second kappa shape index (κ2) is 24.9. The molecule has 0 saturated heterocycles. The van der Waals surface area contributed by atoms with Gasteiger partial charge < -0.3 is 56.0 Å². The number of carbonyl (C=O) groups excluding carboxylic acids is 4. The molecule has 0 aliphatic heterocycles. The van der Waals surface area contributed by atoms with Gasteiger partial charge in [0.1, 0.15) is 0 Å². The molecule has 0 fully saturated rings. The van der Waals surface area contributed by atoms with Crippen molar-refractivity contribution in [3.8, 4) is 0 Å². The van der Waals surface area contributed by atoms with E-state index < -0.39 is 23.9 Å². The molecule has 0 spiro atoms. The summed E-state index contributed by atoms with van der Waals surface area (Å²) >= 11 is 0. The van der Waals surface area contributed by atoms with Gasteiger partial charge in [-0.25, -0.2) is 0 Å². The monoisotopic (exact) mass is 321 g/mol. The largest absolute Gasteiger partial charge is 3.00 e. The van der Waals surface area contributed by atoms with Crippen LogP contribution < -0.4 is 71.8 Å². The molecule has 0 unspecified atom stereocenters. The SMILES string of the molecule is O.O.O.O=C([O-])C(=O)[O-].O=C([O-])C(=O)[O-].[Cr+3].[K+]. The summed E-state index contributed by atoms with van der Waals surface area (Å²) in [5.41, 5.74) is 0. The molecular formula is C4H6CrKO11. The Balaban J connectivity index is -0.0000000182. The fourth-order valence-corrected chi connectivity index (χ4v) is 0. The number of hydrogen-bond donors (Lipinski definition) is 0. The minimum absolute atomic E-state index is 0. The van der Waals surface area contributed by atoms with E-state index in [9.17, 15) is 0 Å². The van der Waals surface area contributed by atoms with Gasteiger partial charge >= 0.3 is 68.7 Å². The predicted octanol–water partition coefficient (Wildman–Crippen LogP) is -12.5. The van der Waals surface area contributed by atoms with Crippen molar-refractivity contribution in [2.24, 2.45) is 0 Å². The fraction of sp³-hybridized carbons (Fsp3) is 0. The van der Waals surface area contributed by atoms with E-state index in [1.165, 1.54) is 0 Å². The van der Waals surface area contributed by atoms with Crippen molar-refractivity contribution in [3.63, 3.8) is 0 Å². The second-order valence-corrected chi connectivity index (χ2v) is 1.15. The van der Waals surface area contributed by atoms with Crippen molar-refractivity contribution in [3.05, 3.63) is 0 Å². The zero-order chi connectivity index (χ0) is 10.3. The van der Waals surface area contributed by atoms with Gasteiger partial charge in [0, 0.05) is 0 Å². The molecule has 1 radical (unpaired) electrons. The Bertz CT molecular complexity index is 180. The summed E-state index contributed by atoms with van der Waals surface area (Å²) < 4.78 is 0. The number of carboxylic acids is 4. The first-order valence-corrected chi connectivity index (χ1v) is 2.13. The van der Waals surface area contributed by atoms with Crippen molar-refractivity contribution >= 4 is 23.9 Å². The first kappa shape index (κ1) is 43.6. The minimum atomic E-state index is -2.19. The summed E-state index contributed by atoms with van der Waals surface area (Å²) in [5.74, 6) is -8.74. The summed E-state index contributed by atoms with van der Waals surface area (Å²) in [7, 11) is 0. The van der Waals surface area contributed by atoms with Gasteiger partial charge in [-0.2, -0.15) is 0 Å². The van der Waals surface area contributed by atoms with E-state index in [1.807, 2.05) is 0 Å². The van der Waals surface area contributed by atoms with Gasteiger partial charge in [-0.15, -0.1) is 0 Å². The molecule has 0 aromatic heterocycles. The molecule has 0 saturated carbocycles. The molecule has 95 valence electrons. The molecule has 0 heterocycles. The Morgan fingerprint density at radius 3 is 0.588 bits per heavy atom. The van der Waals surface area contributed by atoms with E-state index in [0.717, 1.165) is 0 Å². The molecule has 13 heteroatoms. The second-order valence-electron chi connectivity index (χ2n) is 1.15. The number of hydrogen-bond acceptors (Lipinski definition) is 8. The van der Waals surface area contributed by atoms with Crippen molar-refractivity contribution in [2.45, 2.75) is 0 Å². The van der Waals surface area contributed by atoms with E-state index in [4.69, 9.17) is 39.6 Å². The summed E-state index contributed by atoms with van der Waals surface area (Å²) in [5, 5.41) is 35.7. The van der Waals surface area contributed by atoms with E-state index in [-0.39, 0.29) is 85.2 Å². The standard InChI is InChI=1S/2C2H2O4.Cr.K.3H2O/c2*3-1(4)2(5)6;;;;;/h2*(H,3,4)(H,5,6);;;3*1H2/q;;+3;+1;;;/p-4. The van der Waals surface area contributed by atoms with E-state index in [0.29, 0.717) is 0 Å². The molecule has 0 aliphatic carbocycles. The molecule has 0 aromatic carbocycles. The summed E-state index contributed by atoms with van der Waals surface area (Å²) in [4.78, 5) is 35.7. The van der Waals surface area contributed by atoms with Gasteiger partial charge in [-0.1, -0.05) is 0 Å². The van der Waals surface area contributed by atoms with Crippen LogP contribution in [-0.4, -0.2) is 40.3 Å². The van der Waals surface area contributed by atoms with Crippen LogP contribution in [0.3, 0.4) is 0 Å². The van der Waals surface area contributed by atoms with E-state index in [1.54, 1.807) is 0 Å². The summed E-state index contributed by atoms with van der Waals surface area (Å²) in [6.45, 7) is 0. The van der Waals surface area contributed by atoms with Crippen LogP contribution in [0.4, 0.5) is 0 Å². The van der Waals surface area contributed by atoms with Crippen molar-refractivity contribution in [1.82, 2.24) is 0 Å². The third kappa shape index (κ3) is 49.2. The normalized spacial score (nSPS) is 5.18. The average molecular weight is 321 g/mol. The Morgan fingerprint density at radius 1 is 0.529 bits per heavy atom. The molecule has 17 heavy (non-hydrogen) atoms. The van der Waals surface area contributed by atoms with Crippen LogP contribution in [0.5, 0.6) is 0 Å². The molecular weight excluding hydrogens is 315 g/mol. The van der Waals surface area contributed by atoms with Gasteiger partial charge in [0.05, 0.1) is 23.9 Å². The van der Waals surface area contributed by atoms with Crippen LogP contribution in [0.25, 0.3) is 0 Å². The molecule has 0 amide bonds. The number of carbonyl (C=O) groups is 4. The third-order valence-corrected chi connectivity index (χ3v) is 0.333. The average Bonchev–Trinajstić information content (AvgIpc) is 1.88. The molecule has 0 rings (SSSR count). The predicted molar refractivity (Wildman–Crippen MR) is 30.9 cm³/mol. The quantitative estimate of drug-likeness (QED) is 0.304. The molecule has 6 N–H and O–H groups in total.